The number of hydrogen-bond acceptors (Lipinski definition) is 5. The fourth-order valence-corrected chi connectivity index (χ4v) is 3.40. The van der Waals surface area contributed by atoms with Crippen LogP contribution in [-0.4, -0.2) is 43.1 Å². The fraction of sp³-hybridized carbons (Fsp3) is 0.316. The van der Waals surface area contributed by atoms with Crippen molar-refractivity contribution in [3.8, 4) is 11.6 Å². The molecule has 1 N–H and O–H groups in total. The number of phenolic OH excluding ortho intramolecular Hbond substituents is 1. The van der Waals surface area contributed by atoms with Crippen molar-refractivity contribution in [3.63, 3.8) is 0 Å². The maximum Gasteiger partial charge on any atom is 0.155 e. The molecule has 6 nitrogen and oxygen atoms in total. The molecule has 1 aliphatic rings. The molecule has 3 heterocycles. The molecule has 128 valence electrons. The van der Waals surface area contributed by atoms with E-state index in [2.05, 4.69) is 26.3 Å². The van der Waals surface area contributed by atoms with Crippen LogP contribution in [0, 0.1) is 0 Å². The summed E-state index contributed by atoms with van der Waals surface area (Å²) < 4.78 is 1.72. The predicted octanol–water partition coefficient (Wildman–Crippen LogP) is 2.75. The van der Waals surface area contributed by atoms with Gasteiger partial charge in [0.25, 0.3) is 0 Å². The highest BCUT2D eigenvalue weighted by atomic mass is 16.3. The maximum atomic E-state index is 9.65. The summed E-state index contributed by atoms with van der Waals surface area (Å²) in [6.45, 7) is 2.85. The molecule has 4 rings (SSSR count). The average Bonchev–Trinajstić information content (AvgIpc) is 3.12. The SMILES string of the molecule is Oc1cccc(C2CCN(Cc3cn(-c4ccccn4)nn3)CC2)c1. The Morgan fingerprint density at radius 1 is 1.08 bits per heavy atom. The van der Waals surface area contributed by atoms with E-state index < -0.39 is 0 Å². The monoisotopic (exact) mass is 335 g/mol. The molecule has 25 heavy (non-hydrogen) atoms. The molecule has 0 amide bonds. The van der Waals surface area contributed by atoms with E-state index in [-0.39, 0.29) is 0 Å². The Hall–Kier alpha value is -2.73. The van der Waals surface area contributed by atoms with Crippen molar-refractivity contribution in [1.82, 2.24) is 24.9 Å². The molecule has 1 aromatic carbocycles. The van der Waals surface area contributed by atoms with Crippen molar-refractivity contribution in [3.05, 3.63) is 66.1 Å². The molecule has 0 radical (unpaired) electrons. The fourth-order valence-electron chi connectivity index (χ4n) is 3.40. The lowest BCUT2D eigenvalue weighted by Gasteiger charge is -2.31. The van der Waals surface area contributed by atoms with Crippen molar-refractivity contribution in [2.45, 2.75) is 25.3 Å². The minimum absolute atomic E-state index is 0.353. The van der Waals surface area contributed by atoms with E-state index in [0.717, 1.165) is 44.0 Å². The summed E-state index contributed by atoms with van der Waals surface area (Å²) >= 11 is 0. The molecule has 0 aliphatic carbocycles. The van der Waals surface area contributed by atoms with E-state index in [1.807, 2.05) is 36.5 Å². The van der Waals surface area contributed by atoms with Crippen LogP contribution in [0.3, 0.4) is 0 Å². The van der Waals surface area contributed by atoms with E-state index in [4.69, 9.17) is 0 Å². The second kappa shape index (κ2) is 7.03. The van der Waals surface area contributed by atoms with Crippen molar-refractivity contribution < 1.29 is 5.11 Å². The summed E-state index contributed by atoms with van der Waals surface area (Å²) in [6, 6.07) is 13.4. The standard InChI is InChI=1S/C19H21N5O/c25-18-5-3-4-16(12-18)15-7-10-23(11-8-15)13-17-14-24(22-21-17)19-6-1-2-9-20-19/h1-6,9,12,14-15,25H,7-8,10-11,13H2. The van der Waals surface area contributed by atoms with Crippen LogP contribution in [0.2, 0.25) is 0 Å². The first-order valence-corrected chi connectivity index (χ1v) is 8.62. The average molecular weight is 335 g/mol. The van der Waals surface area contributed by atoms with Gasteiger partial charge in [-0.05, 0) is 61.7 Å². The Labute approximate surface area is 146 Å². The number of rotatable bonds is 4. The summed E-state index contributed by atoms with van der Waals surface area (Å²) in [5.74, 6) is 1.66. The van der Waals surface area contributed by atoms with Crippen molar-refractivity contribution in [1.29, 1.82) is 0 Å². The number of aromatic hydroxyl groups is 1. The minimum atomic E-state index is 0.353. The Balaban J connectivity index is 1.35. The molecular weight excluding hydrogens is 314 g/mol. The number of likely N-dealkylation sites (tertiary alicyclic amines) is 1. The number of hydrogen-bond donors (Lipinski definition) is 1. The molecule has 1 aliphatic heterocycles. The summed E-state index contributed by atoms with van der Waals surface area (Å²) in [4.78, 5) is 6.69. The molecular formula is C19H21N5O. The van der Waals surface area contributed by atoms with Gasteiger partial charge in [-0.2, -0.15) is 0 Å². The van der Waals surface area contributed by atoms with Gasteiger partial charge in [-0.25, -0.2) is 9.67 Å². The van der Waals surface area contributed by atoms with E-state index in [1.54, 1.807) is 16.9 Å². The number of phenols is 1. The normalized spacial score (nSPS) is 16.2. The molecule has 0 saturated carbocycles. The van der Waals surface area contributed by atoms with Crippen LogP contribution in [-0.2, 0) is 6.54 Å². The third kappa shape index (κ3) is 3.69. The number of nitrogens with zero attached hydrogens (tertiary/aromatic N) is 5. The molecule has 0 bridgehead atoms. The number of benzene rings is 1. The Kier molecular flexibility index (Phi) is 4.43. The third-order valence-corrected chi connectivity index (χ3v) is 4.74. The summed E-state index contributed by atoms with van der Waals surface area (Å²) in [5.41, 5.74) is 2.20. The smallest absolute Gasteiger partial charge is 0.155 e. The van der Waals surface area contributed by atoms with Gasteiger partial charge in [-0.15, -0.1) is 5.10 Å². The summed E-state index contributed by atoms with van der Waals surface area (Å²) in [5, 5.41) is 18.1. The largest absolute Gasteiger partial charge is 0.508 e. The summed E-state index contributed by atoms with van der Waals surface area (Å²) in [6.07, 6.45) is 5.89. The van der Waals surface area contributed by atoms with Crippen LogP contribution in [0.1, 0.15) is 30.0 Å². The van der Waals surface area contributed by atoms with Gasteiger partial charge in [0.1, 0.15) is 5.75 Å². The molecule has 1 fully saturated rings. The Bertz CT molecular complexity index is 825. The Morgan fingerprint density at radius 2 is 1.96 bits per heavy atom. The molecule has 1 saturated heterocycles. The van der Waals surface area contributed by atoms with E-state index in [9.17, 15) is 5.11 Å². The van der Waals surface area contributed by atoms with Crippen LogP contribution in [0.5, 0.6) is 5.75 Å². The van der Waals surface area contributed by atoms with Crippen LogP contribution >= 0.6 is 0 Å². The first-order chi connectivity index (χ1) is 12.3. The second-order valence-electron chi connectivity index (χ2n) is 6.49. The van der Waals surface area contributed by atoms with Crippen molar-refractivity contribution in [2.24, 2.45) is 0 Å². The topological polar surface area (TPSA) is 67.1 Å². The minimum Gasteiger partial charge on any atom is -0.508 e. The van der Waals surface area contributed by atoms with Gasteiger partial charge in [0.15, 0.2) is 5.82 Å². The van der Waals surface area contributed by atoms with Crippen molar-refractivity contribution >= 4 is 0 Å². The van der Waals surface area contributed by atoms with E-state index >= 15 is 0 Å². The van der Waals surface area contributed by atoms with Gasteiger partial charge in [0.05, 0.1) is 11.9 Å². The van der Waals surface area contributed by atoms with Crippen LogP contribution < -0.4 is 0 Å². The van der Waals surface area contributed by atoms with Gasteiger partial charge in [0.2, 0.25) is 0 Å². The van der Waals surface area contributed by atoms with E-state index in [1.165, 1.54) is 5.56 Å². The van der Waals surface area contributed by atoms with E-state index in [0.29, 0.717) is 11.7 Å². The van der Waals surface area contributed by atoms with Gasteiger partial charge in [-0.1, -0.05) is 23.4 Å². The van der Waals surface area contributed by atoms with Gasteiger partial charge < -0.3 is 5.11 Å². The predicted molar refractivity (Wildman–Crippen MR) is 94.5 cm³/mol. The second-order valence-corrected chi connectivity index (χ2v) is 6.49. The van der Waals surface area contributed by atoms with Crippen LogP contribution in [0.15, 0.2) is 54.9 Å². The zero-order valence-corrected chi connectivity index (χ0v) is 14.0. The van der Waals surface area contributed by atoms with Crippen molar-refractivity contribution in [2.75, 3.05) is 13.1 Å². The first kappa shape index (κ1) is 15.8. The molecule has 6 heteroatoms. The molecule has 0 atom stereocenters. The zero-order valence-electron chi connectivity index (χ0n) is 14.0. The number of aromatic nitrogens is 4. The van der Waals surface area contributed by atoms with Gasteiger partial charge >= 0.3 is 0 Å². The lowest BCUT2D eigenvalue weighted by molar-refractivity contribution is 0.202. The lowest BCUT2D eigenvalue weighted by atomic mass is 9.89. The maximum absolute atomic E-state index is 9.65. The first-order valence-electron chi connectivity index (χ1n) is 8.62. The van der Waals surface area contributed by atoms with Gasteiger partial charge in [-0.3, -0.25) is 4.90 Å². The lowest BCUT2D eigenvalue weighted by Crippen LogP contribution is -2.32. The summed E-state index contributed by atoms with van der Waals surface area (Å²) in [7, 11) is 0. The third-order valence-electron chi connectivity index (χ3n) is 4.74. The Morgan fingerprint density at radius 3 is 2.72 bits per heavy atom. The highest BCUT2D eigenvalue weighted by molar-refractivity contribution is 5.30. The zero-order chi connectivity index (χ0) is 17.1. The molecule has 0 unspecified atom stereocenters. The molecule has 2 aromatic heterocycles. The number of piperidine rings is 1. The highest BCUT2D eigenvalue weighted by Crippen LogP contribution is 2.30. The molecule has 0 spiro atoms. The number of pyridine rings is 1. The van der Waals surface area contributed by atoms with Gasteiger partial charge in [0, 0.05) is 12.7 Å². The van der Waals surface area contributed by atoms with Crippen LogP contribution in [0.4, 0.5) is 0 Å². The molecule has 3 aromatic rings. The quantitative estimate of drug-likeness (QED) is 0.794. The van der Waals surface area contributed by atoms with Crippen LogP contribution in [0.25, 0.3) is 5.82 Å². The highest BCUT2D eigenvalue weighted by Gasteiger charge is 2.21.